The third-order valence-electron chi connectivity index (χ3n) is 3.01. The first-order chi connectivity index (χ1) is 7.03. The molecule has 1 heterocycles. The predicted molar refractivity (Wildman–Crippen MR) is 61.3 cm³/mol. The van der Waals surface area contributed by atoms with Crippen LogP contribution < -0.4 is 5.32 Å². The molecule has 0 aromatic heterocycles. The Kier molecular flexibility index (Phi) is 2.93. The maximum absolute atomic E-state index is 13.9. The van der Waals surface area contributed by atoms with Crippen molar-refractivity contribution in [2.45, 2.75) is 18.8 Å². The Balaban J connectivity index is 2.51. The van der Waals surface area contributed by atoms with Gasteiger partial charge >= 0.3 is 0 Å². The van der Waals surface area contributed by atoms with Crippen molar-refractivity contribution >= 4 is 23.2 Å². The minimum Gasteiger partial charge on any atom is -0.316 e. The van der Waals surface area contributed by atoms with Crippen LogP contribution in [0.25, 0.3) is 0 Å². The topological polar surface area (TPSA) is 12.0 Å². The van der Waals surface area contributed by atoms with Crippen molar-refractivity contribution in [2.24, 2.45) is 0 Å². The summed E-state index contributed by atoms with van der Waals surface area (Å²) in [5.41, 5.74) is 0.420. The van der Waals surface area contributed by atoms with Crippen LogP contribution in [0.1, 0.15) is 18.9 Å². The summed E-state index contributed by atoms with van der Waals surface area (Å²) < 4.78 is 13.9. The molecule has 1 aromatic carbocycles. The van der Waals surface area contributed by atoms with Gasteiger partial charge in [0.25, 0.3) is 0 Å². The molecule has 1 aromatic rings. The van der Waals surface area contributed by atoms with Crippen molar-refractivity contribution in [1.82, 2.24) is 5.32 Å². The van der Waals surface area contributed by atoms with E-state index in [4.69, 9.17) is 23.2 Å². The highest BCUT2D eigenvalue weighted by Crippen LogP contribution is 2.36. The molecule has 0 aliphatic carbocycles. The van der Waals surface area contributed by atoms with Crippen molar-refractivity contribution in [3.05, 3.63) is 33.6 Å². The van der Waals surface area contributed by atoms with Gasteiger partial charge in [-0.3, -0.25) is 0 Å². The summed E-state index contributed by atoms with van der Waals surface area (Å²) in [7, 11) is 0. The molecule has 0 spiro atoms. The van der Waals surface area contributed by atoms with Crippen molar-refractivity contribution in [2.75, 3.05) is 13.1 Å². The van der Waals surface area contributed by atoms with E-state index < -0.39 is 0 Å². The summed E-state index contributed by atoms with van der Waals surface area (Å²) in [6, 6.07) is 3.11. The quantitative estimate of drug-likeness (QED) is 0.751. The van der Waals surface area contributed by atoms with E-state index in [1.807, 2.05) is 6.92 Å². The average molecular weight is 248 g/mol. The van der Waals surface area contributed by atoms with Gasteiger partial charge in [-0.05, 0) is 30.7 Å². The molecule has 1 atom stereocenters. The smallest absolute Gasteiger partial charge is 0.145 e. The van der Waals surface area contributed by atoms with Crippen LogP contribution in [0, 0.1) is 5.82 Å². The van der Waals surface area contributed by atoms with Gasteiger partial charge in [0.2, 0.25) is 0 Å². The lowest BCUT2D eigenvalue weighted by Gasteiger charge is -2.24. The fraction of sp³-hybridized carbons (Fsp3) is 0.455. The van der Waals surface area contributed by atoms with Crippen molar-refractivity contribution in [3.8, 4) is 0 Å². The van der Waals surface area contributed by atoms with Crippen LogP contribution in [0.2, 0.25) is 10.0 Å². The minimum absolute atomic E-state index is 0.102. The highest BCUT2D eigenvalue weighted by atomic mass is 35.5. The molecular weight excluding hydrogens is 236 g/mol. The maximum atomic E-state index is 13.9. The summed E-state index contributed by atoms with van der Waals surface area (Å²) in [6.07, 6.45) is 0.903. The van der Waals surface area contributed by atoms with E-state index in [1.54, 1.807) is 6.07 Å². The Morgan fingerprint density at radius 1 is 1.40 bits per heavy atom. The van der Waals surface area contributed by atoms with Crippen molar-refractivity contribution in [3.63, 3.8) is 0 Å². The normalized spacial score (nSPS) is 25.9. The molecule has 0 amide bonds. The van der Waals surface area contributed by atoms with E-state index in [-0.39, 0.29) is 16.3 Å². The molecule has 4 heteroatoms. The Bertz CT molecular complexity index is 386. The van der Waals surface area contributed by atoms with E-state index in [0.717, 1.165) is 19.5 Å². The Morgan fingerprint density at radius 2 is 2.13 bits per heavy atom. The minimum atomic E-state index is -0.340. The van der Waals surface area contributed by atoms with Gasteiger partial charge in [0, 0.05) is 17.0 Å². The molecule has 0 bridgehead atoms. The summed E-state index contributed by atoms with van der Waals surface area (Å²) in [5.74, 6) is -0.340. The Morgan fingerprint density at radius 3 is 2.73 bits per heavy atom. The number of hydrogen-bond acceptors (Lipinski definition) is 1. The highest BCUT2D eigenvalue weighted by molar-refractivity contribution is 6.34. The van der Waals surface area contributed by atoms with Crippen LogP contribution in [0.15, 0.2) is 12.1 Å². The number of benzene rings is 1. The molecule has 1 saturated heterocycles. The number of rotatable bonds is 1. The number of halogens is 3. The molecule has 1 fully saturated rings. The molecule has 15 heavy (non-hydrogen) atoms. The molecule has 0 radical (unpaired) electrons. The van der Waals surface area contributed by atoms with Crippen LogP contribution in [-0.4, -0.2) is 13.1 Å². The van der Waals surface area contributed by atoms with E-state index >= 15 is 0 Å². The van der Waals surface area contributed by atoms with Gasteiger partial charge in [-0.2, -0.15) is 0 Å². The van der Waals surface area contributed by atoms with E-state index in [0.29, 0.717) is 10.6 Å². The zero-order valence-corrected chi connectivity index (χ0v) is 9.92. The third kappa shape index (κ3) is 1.99. The summed E-state index contributed by atoms with van der Waals surface area (Å²) in [4.78, 5) is 0. The highest BCUT2D eigenvalue weighted by Gasteiger charge is 2.33. The second-order valence-electron chi connectivity index (χ2n) is 4.24. The van der Waals surface area contributed by atoms with Crippen LogP contribution in [-0.2, 0) is 5.41 Å². The fourth-order valence-electron chi connectivity index (χ4n) is 2.04. The summed E-state index contributed by atoms with van der Waals surface area (Å²) in [5, 5.41) is 3.82. The number of hydrogen-bond donors (Lipinski definition) is 1. The first-order valence-corrected chi connectivity index (χ1v) is 5.64. The predicted octanol–water partition coefficient (Wildman–Crippen LogP) is 3.38. The zero-order valence-electron chi connectivity index (χ0n) is 8.41. The van der Waals surface area contributed by atoms with Gasteiger partial charge in [-0.15, -0.1) is 0 Å². The first kappa shape index (κ1) is 11.2. The molecule has 1 unspecified atom stereocenters. The molecule has 2 rings (SSSR count). The van der Waals surface area contributed by atoms with E-state index in [1.165, 1.54) is 6.07 Å². The lowest BCUT2D eigenvalue weighted by molar-refractivity contribution is 0.483. The van der Waals surface area contributed by atoms with Crippen molar-refractivity contribution < 1.29 is 4.39 Å². The molecule has 1 N–H and O–H groups in total. The lowest BCUT2D eigenvalue weighted by Crippen LogP contribution is -2.26. The zero-order chi connectivity index (χ0) is 11.1. The Hall–Kier alpha value is -0.310. The lowest BCUT2D eigenvalue weighted by atomic mass is 9.81. The van der Waals surface area contributed by atoms with Crippen molar-refractivity contribution in [1.29, 1.82) is 0 Å². The molecule has 1 aliphatic rings. The van der Waals surface area contributed by atoms with Crippen LogP contribution in [0.4, 0.5) is 4.39 Å². The average Bonchev–Trinajstić information content (AvgIpc) is 2.59. The van der Waals surface area contributed by atoms with Crippen LogP contribution >= 0.6 is 23.2 Å². The molecular formula is C11H12Cl2FN. The van der Waals surface area contributed by atoms with Gasteiger partial charge in [0.15, 0.2) is 0 Å². The standard InChI is InChI=1S/C11H12Cl2FN/c1-11(2-3-15-6-11)8-4-7(12)5-9(13)10(8)14/h4-5,15H,2-3,6H2,1H3. The molecule has 0 saturated carbocycles. The van der Waals surface area contributed by atoms with Gasteiger partial charge in [-0.25, -0.2) is 4.39 Å². The summed E-state index contributed by atoms with van der Waals surface area (Å²) >= 11 is 11.7. The largest absolute Gasteiger partial charge is 0.316 e. The SMILES string of the molecule is CC1(c2cc(Cl)cc(Cl)c2F)CCNC1. The molecule has 1 aliphatic heterocycles. The third-order valence-corrected chi connectivity index (χ3v) is 3.51. The summed E-state index contributed by atoms with van der Waals surface area (Å²) in [6.45, 7) is 3.69. The number of nitrogens with one attached hydrogen (secondary N) is 1. The van der Waals surface area contributed by atoms with Gasteiger partial charge in [-0.1, -0.05) is 30.1 Å². The molecule has 1 nitrogen and oxygen atoms in total. The van der Waals surface area contributed by atoms with E-state index in [2.05, 4.69) is 5.32 Å². The second-order valence-corrected chi connectivity index (χ2v) is 5.08. The van der Waals surface area contributed by atoms with Gasteiger partial charge < -0.3 is 5.32 Å². The monoisotopic (exact) mass is 247 g/mol. The first-order valence-electron chi connectivity index (χ1n) is 4.89. The van der Waals surface area contributed by atoms with Crippen LogP contribution in [0.5, 0.6) is 0 Å². The van der Waals surface area contributed by atoms with E-state index in [9.17, 15) is 4.39 Å². The molecule has 82 valence electrons. The van der Waals surface area contributed by atoms with Gasteiger partial charge in [0.05, 0.1) is 5.02 Å². The maximum Gasteiger partial charge on any atom is 0.145 e. The van der Waals surface area contributed by atoms with Gasteiger partial charge in [0.1, 0.15) is 5.82 Å². The fourth-order valence-corrected chi connectivity index (χ4v) is 2.54. The Labute approximate surface area is 98.6 Å². The van der Waals surface area contributed by atoms with Crippen LogP contribution in [0.3, 0.4) is 0 Å². The second kappa shape index (κ2) is 3.93.